The molecule has 0 aliphatic carbocycles. The van der Waals surface area contributed by atoms with Gasteiger partial charge in [0.2, 0.25) is 0 Å². The smallest absolute Gasteiger partial charge is 0.191 e. The molecule has 0 amide bonds. The van der Waals surface area contributed by atoms with Gasteiger partial charge in [0.05, 0.1) is 6.33 Å². The number of halogens is 1. The average Bonchev–Trinajstić information content (AvgIpc) is 3.14. The van der Waals surface area contributed by atoms with E-state index >= 15 is 0 Å². The van der Waals surface area contributed by atoms with Gasteiger partial charge in [0.1, 0.15) is 0 Å². The van der Waals surface area contributed by atoms with E-state index in [4.69, 9.17) is 11.6 Å². The Balaban J connectivity index is 1.61. The van der Waals surface area contributed by atoms with Gasteiger partial charge in [-0.3, -0.25) is 0 Å². The summed E-state index contributed by atoms with van der Waals surface area (Å²) in [5.41, 5.74) is 0.979. The number of rotatable bonds is 6. The van der Waals surface area contributed by atoms with Crippen molar-refractivity contribution in [3.63, 3.8) is 0 Å². The predicted octanol–water partition coefficient (Wildman–Crippen LogP) is 3.51. The molecule has 0 fully saturated rings. The van der Waals surface area contributed by atoms with Crippen LogP contribution in [0, 0.1) is 0 Å². The van der Waals surface area contributed by atoms with Crippen LogP contribution >= 0.6 is 23.4 Å². The van der Waals surface area contributed by atoms with Gasteiger partial charge in [-0.15, -0.1) is 10.2 Å². The van der Waals surface area contributed by atoms with Crippen LogP contribution in [-0.2, 0) is 13.6 Å². The Bertz CT molecular complexity index is 738. The molecule has 2 aromatic heterocycles. The predicted molar refractivity (Wildman–Crippen MR) is 89.0 cm³/mol. The fraction of sp³-hybridized carbons (Fsp3) is 0.267. The van der Waals surface area contributed by atoms with Gasteiger partial charge in [0.15, 0.2) is 11.0 Å². The molecule has 7 heteroatoms. The molecule has 0 aliphatic heterocycles. The Kier molecular flexibility index (Phi) is 4.80. The highest BCUT2D eigenvalue weighted by Crippen LogP contribution is 2.24. The largest absolute Gasteiger partial charge is 0.337 e. The Morgan fingerprint density at radius 2 is 2.18 bits per heavy atom. The van der Waals surface area contributed by atoms with Gasteiger partial charge in [-0.1, -0.05) is 35.5 Å². The molecular formula is C15H16ClN5S. The van der Waals surface area contributed by atoms with Gasteiger partial charge in [0, 0.05) is 42.3 Å². The normalized spacial score (nSPS) is 11.0. The van der Waals surface area contributed by atoms with E-state index in [9.17, 15) is 0 Å². The summed E-state index contributed by atoms with van der Waals surface area (Å²) in [5.74, 6) is 1.82. The van der Waals surface area contributed by atoms with E-state index in [2.05, 4.69) is 19.7 Å². The molecule has 22 heavy (non-hydrogen) atoms. The highest BCUT2D eigenvalue weighted by molar-refractivity contribution is 7.99. The number of hydrogen-bond donors (Lipinski definition) is 0. The van der Waals surface area contributed by atoms with E-state index in [0.29, 0.717) is 5.02 Å². The third-order valence-corrected chi connectivity index (χ3v) is 4.61. The quantitative estimate of drug-likeness (QED) is 0.511. The third kappa shape index (κ3) is 3.51. The van der Waals surface area contributed by atoms with E-state index in [0.717, 1.165) is 35.3 Å². The molecule has 3 aromatic rings. The number of aromatic nitrogens is 5. The zero-order valence-electron chi connectivity index (χ0n) is 12.2. The van der Waals surface area contributed by atoms with E-state index in [1.165, 1.54) is 0 Å². The minimum absolute atomic E-state index is 0.704. The second-order valence-electron chi connectivity index (χ2n) is 4.88. The zero-order chi connectivity index (χ0) is 15.4. The SMILES string of the molecule is Cn1c(SCCCn2ccnc2)nnc1-c1cccc(Cl)c1. The second-order valence-corrected chi connectivity index (χ2v) is 6.38. The highest BCUT2D eigenvalue weighted by atomic mass is 35.5. The maximum Gasteiger partial charge on any atom is 0.191 e. The molecule has 0 unspecified atom stereocenters. The van der Waals surface area contributed by atoms with Crippen LogP contribution in [0.1, 0.15) is 6.42 Å². The maximum atomic E-state index is 6.04. The van der Waals surface area contributed by atoms with Crippen molar-refractivity contribution < 1.29 is 0 Å². The number of imidazole rings is 1. The molecule has 0 bridgehead atoms. The van der Waals surface area contributed by atoms with Crippen molar-refractivity contribution in [1.82, 2.24) is 24.3 Å². The summed E-state index contributed by atoms with van der Waals surface area (Å²) in [6, 6.07) is 7.67. The molecule has 0 aliphatic rings. The van der Waals surface area contributed by atoms with Crippen LogP contribution in [0.5, 0.6) is 0 Å². The summed E-state index contributed by atoms with van der Waals surface area (Å²) in [7, 11) is 1.98. The summed E-state index contributed by atoms with van der Waals surface area (Å²) < 4.78 is 4.09. The van der Waals surface area contributed by atoms with Crippen LogP contribution in [-0.4, -0.2) is 30.1 Å². The first-order valence-corrected chi connectivity index (χ1v) is 8.34. The first kappa shape index (κ1) is 15.1. The number of nitrogens with zero attached hydrogens (tertiary/aromatic N) is 5. The molecule has 0 spiro atoms. The van der Waals surface area contributed by atoms with E-state index in [1.54, 1.807) is 18.0 Å². The van der Waals surface area contributed by atoms with E-state index in [-0.39, 0.29) is 0 Å². The molecule has 3 rings (SSSR count). The molecule has 114 valence electrons. The number of aryl methyl sites for hydroxylation is 1. The van der Waals surface area contributed by atoms with Crippen LogP contribution in [0.4, 0.5) is 0 Å². The third-order valence-electron chi connectivity index (χ3n) is 3.27. The molecular weight excluding hydrogens is 318 g/mol. The average molecular weight is 334 g/mol. The molecule has 0 N–H and O–H groups in total. The topological polar surface area (TPSA) is 48.5 Å². The Morgan fingerprint density at radius 1 is 1.27 bits per heavy atom. The minimum atomic E-state index is 0.704. The zero-order valence-corrected chi connectivity index (χ0v) is 13.8. The van der Waals surface area contributed by atoms with Gasteiger partial charge in [-0.2, -0.15) is 0 Å². The van der Waals surface area contributed by atoms with Crippen LogP contribution in [0.25, 0.3) is 11.4 Å². The molecule has 5 nitrogen and oxygen atoms in total. The maximum absolute atomic E-state index is 6.04. The summed E-state index contributed by atoms with van der Waals surface area (Å²) >= 11 is 7.75. The van der Waals surface area contributed by atoms with Crippen molar-refractivity contribution in [2.75, 3.05) is 5.75 Å². The number of benzene rings is 1. The highest BCUT2D eigenvalue weighted by Gasteiger charge is 2.11. The van der Waals surface area contributed by atoms with E-state index < -0.39 is 0 Å². The summed E-state index contributed by atoms with van der Waals surface area (Å²) in [5, 5.41) is 10.2. The molecule has 0 saturated carbocycles. The van der Waals surface area contributed by atoms with Crippen LogP contribution in [0.3, 0.4) is 0 Å². The summed E-state index contributed by atoms with van der Waals surface area (Å²) in [4.78, 5) is 4.04. The van der Waals surface area contributed by atoms with Crippen LogP contribution in [0.2, 0.25) is 5.02 Å². The lowest BCUT2D eigenvalue weighted by atomic mass is 10.2. The fourth-order valence-corrected chi connectivity index (χ4v) is 3.17. The standard InChI is InChI=1S/C15H16ClN5S/c1-20-14(12-4-2-5-13(16)10-12)18-19-15(20)22-9-3-7-21-8-6-17-11-21/h2,4-6,8,10-11H,3,7,9H2,1H3. The fourth-order valence-electron chi connectivity index (χ4n) is 2.15. The summed E-state index contributed by atoms with van der Waals surface area (Å²) in [6.07, 6.45) is 6.67. The molecule has 0 radical (unpaired) electrons. The van der Waals surface area contributed by atoms with Gasteiger partial charge >= 0.3 is 0 Å². The van der Waals surface area contributed by atoms with Crippen molar-refractivity contribution in [3.05, 3.63) is 48.0 Å². The lowest BCUT2D eigenvalue weighted by Crippen LogP contribution is -1.98. The number of hydrogen-bond acceptors (Lipinski definition) is 4. The van der Waals surface area contributed by atoms with Crippen molar-refractivity contribution in [3.8, 4) is 11.4 Å². The first-order chi connectivity index (χ1) is 10.7. The molecule has 0 saturated heterocycles. The van der Waals surface area contributed by atoms with Crippen molar-refractivity contribution in [1.29, 1.82) is 0 Å². The van der Waals surface area contributed by atoms with Crippen LogP contribution < -0.4 is 0 Å². The lowest BCUT2D eigenvalue weighted by molar-refractivity contribution is 0.682. The van der Waals surface area contributed by atoms with Gasteiger partial charge in [-0.25, -0.2) is 4.98 Å². The lowest BCUT2D eigenvalue weighted by Gasteiger charge is -2.04. The van der Waals surface area contributed by atoms with Crippen LogP contribution in [0.15, 0.2) is 48.1 Å². The van der Waals surface area contributed by atoms with Gasteiger partial charge in [-0.05, 0) is 18.6 Å². The monoisotopic (exact) mass is 333 g/mol. The molecule has 0 atom stereocenters. The Labute approximate surface area is 138 Å². The first-order valence-electron chi connectivity index (χ1n) is 6.98. The van der Waals surface area contributed by atoms with Gasteiger partial charge < -0.3 is 9.13 Å². The Hall–Kier alpha value is -1.79. The minimum Gasteiger partial charge on any atom is -0.337 e. The van der Waals surface area contributed by atoms with E-state index in [1.807, 2.05) is 48.4 Å². The van der Waals surface area contributed by atoms with Gasteiger partial charge in [0.25, 0.3) is 0 Å². The number of thioether (sulfide) groups is 1. The Morgan fingerprint density at radius 3 is 2.95 bits per heavy atom. The molecule has 1 aromatic carbocycles. The summed E-state index contributed by atoms with van der Waals surface area (Å²) in [6.45, 7) is 0.964. The van der Waals surface area contributed by atoms with Crippen molar-refractivity contribution in [2.24, 2.45) is 7.05 Å². The van der Waals surface area contributed by atoms with Crippen molar-refractivity contribution >= 4 is 23.4 Å². The second kappa shape index (κ2) is 6.98. The molecule has 2 heterocycles. The van der Waals surface area contributed by atoms with Crippen molar-refractivity contribution in [2.45, 2.75) is 18.1 Å².